The number of hydrogen-bond acceptors (Lipinski definition) is 1. The molecule has 0 fully saturated rings. The second kappa shape index (κ2) is 11.2. The largest absolute Gasteiger partial charge is 0.372 e. The van der Waals surface area contributed by atoms with E-state index in [0.717, 1.165) is 13.1 Å². The van der Waals surface area contributed by atoms with E-state index in [-0.39, 0.29) is 0 Å². The summed E-state index contributed by atoms with van der Waals surface area (Å²) in [6, 6.07) is 9.14. The van der Waals surface area contributed by atoms with Gasteiger partial charge in [-0.2, -0.15) is 0 Å². The molecule has 0 bridgehead atoms. The fraction of sp³-hybridized carbons (Fsp3) is 0.684. The normalized spacial score (nSPS) is 10.7. The molecule has 1 rings (SSSR count). The van der Waals surface area contributed by atoms with E-state index >= 15 is 0 Å². The van der Waals surface area contributed by atoms with Crippen molar-refractivity contribution in [1.82, 2.24) is 0 Å². The maximum absolute atomic E-state index is 2.51. The molecule has 0 aliphatic rings. The molecule has 0 amide bonds. The highest BCUT2D eigenvalue weighted by Gasteiger charge is 2.19. The third-order valence-corrected chi connectivity index (χ3v) is 8.00. The molecule has 21 heavy (non-hydrogen) atoms. The van der Waals surface area contributed by atoms with Crippen LogP contribution in [0.15, 0.2) is 24.3 Å². The van der Waals surface area contributed by atoms with Crippen LogP contribution in [0, 0.1) is 0 Å². The first kappa shape index (κ1) is 18.6. The average molecular weight is 303 g/mol. The van der Waals surface area contributed by atoms with Crippen LogP contribution in [0.4, 0.5) is 5.69 Å². The second-order valence-corrected chi connectivity index (χ2v) is 9.45. The van der Waals surface area contributed by atoms with E-state index in [1.807, 2.05) is 0 Å². The molecular formula is C19H34AlN. The summed E-state index contributed by atoms with van der Waals surface area (Å²) in [6.45, 7) is 11.4. The lowest BCUT2D eigenvalue weighted by Gasteiger charge is -2.25. The minimum absolute atomic E-state index is 0.614. The molecule has 1 aromatic carbocycles. The number of anilines is 1. The molecule has 0 N–H and O–H groups in total. The molecular weight excluding hydrogens is 269 g/mol. The van der Waals surface area contributed by atoms with Gasteiger partial charge in [0.05, 0.1) is 0 Å². The van der Waals surface area contributed by atoms with Crippen LogP contribution in [0.5, 0.6) is 0 Å². The molecule has 0 aliphatic carbocycles. The van der Waals surface area contributed by atoms with Gasteiger partial charge in [-0.1, -0.05) is 73.6 Å². The summed E-state index contributed by atoms with van der Waals surface area (Å²) >= 11 is -0.614. The van der Waals surface area contributed by atoms with Crippen molar-refractivity contribution in [3.8, 4) is 0 Å². The van der Waals surface area contributed by atoms with E-state index < -0.39 is 14.1 Å². The van der Waals surface area contributed by atoms with Gasteiger partial charge in [0.1, 0.15) is 0 Å². The Morgan fingerprint density at radius 1 is 0.857 bits per heavy atom. The monoisotopic (exact) mass is 303 g/mol. The molecule has 0 saturated carbocycles. The molecule has 1 nitrogen and oxygen atoms in total. The number of para-hydroxylation sites is 1. The molecule has 0 aromatic heterocycles. The van der Waals surface area contributed by atoms with Crippen LogP contribution >= 0.6 is 0 Å². The Morgan fingerprint density at radius 3 is 1.95 bits per heavy atom. The van der Waals surface area contributed by atoms with E-state index in [2.05, 4.69) is 56.9 Å². The van der Waals surface area contributed by atoms with Gasteiger partial charge in [0, 0.05) is 18.8 Å². The van der Waals surface area contributed by atoms with Gasteiger partial charge < -0.3 is 4.90 Å². The van der Waals surface area contributed by atoms with Crippen molar-refractivity contribution >= 4 is 19.8 Å². The zero-order valence-electron chi connectivity index (χ0n) is 14.7. The Labute approximate surface area is 137 Å². The van der Waals surface area contributed by atoms with Gasteiger partial charge in [-0.15, -0.1) is 0 Å². The van der Waals surface area contributed by atoms with Crippen molar-refractivity contribution in [3.05, 3.63) is 29.8 Å². The predicted molar refractivity (Wildman–Crippen MR) is 98.9 cm³/mol. The smallest absolute Gasteiger partial charge is 0.267 e. The summed E-state index contributed by atoms with van der Waals surface area (Å²) in [6.07, 6.45) is 5.59. The summed E-state index contributed by atoms with van der Waals surface area (Å²) in [7, 11) is 0. The Balaban J connectivity index is 2.81. The molecule has 118 valence electrons. The van der Waals surface area contributed by atoms with E-state index in [9.17, 15) is 0 Å². The fourth-order valence-corrected chi connectivity index (χ4v) is 6.84. The Kier molecular flexibility index (Phi) is 9.89. The lowest BCUT2D eigenvalue weighted by atomic mass is 10.2. The number of rotatable bonds is 11. The van der Waals surface area contributed by atoms with Crippen LogP contribution in [-0.2, 0) is 5.28 Å². The SMILES string of the molecule is CCC[CH2][Al]([CH2]CCC)[CH2]c1ccccc1N(CC)CC. The van der Waals surface area contributed by atoms with Crippen molar-refractivity contribution in [3.63, 3.8) is 0 Å². The average Bonchev–Trinajstić information content (AvgIpc) is 2.52. The summed E-state index contributed by atoms with van der Waals surface area (Å²) in [5, 5.41) is 4.46. The molecule has 0 unspecified atom stereocenters. The van der Waals surface area contributed by atoms with Gasteiger partial charge in [0.25, 0.3) is 14.1 Å². The number of unbranched alkanes of at least 4 members (excludes halogenated alkanes) is 2. The molecule has 2 heteroatoms. The molecule has 0 saturated heterocycles. The van der Waals surface area contributed by atoms with Gasteiger partial charge in [0.15, 0.2) is 0 Å². The van der Waals surface area contributed by atoms with E-state index in [0.29, 0.717) is 0 Å². The molecule has 0 heterocycles. The van der Waals surface area contributed by atoms with Gasteiger partial charge in [-0.05, 0) is 25.5 Å². The topological polar surface area (TPSA) is 3.24 Å². The first-order valence-corrected chi connectivity index (χ1v) is 11.5. The van der Waals surface area contributed by atoms with Crippen molar-refractivity contribution in [1.29, 1.82) is 0 Å². The zero-order valence-corrected chi connectivity index (χ0v) is 15.9. The maximum atomic E-state index is 2.51. The second-order valence-electron chi connectivity index (χ2n) is 6.16. The Morgan fingerprint density at radius 2 is 1.43 bits per heavy atom. The first-order chi connectivity index (χ1) is 10.3. The van der Waals surface area contributed by atoms with Crippen molar-refractivity contribution < 1.29 is 0 Å². The van der Waals surface area contributed by atoms with Gasteiger partial charge in [-0.25, -0.2) is 0 Å². The first-order valence-electron chi connectivity index (χ1n) is 9.09. The summed E-state index contributed by atoms with van der Waals surface area (Å²) in [4.78, 5) is 2.51. The molecule has 1 aromatic rings. The van der Waals surface area contributed by atoms with Crippen LogP contribution < -0.4 is 4.90 Å². The van der Waals surface area contributed by atoms with Crippen LogP contribution in [0.1, 0.15) is 58.9 Å². The van der Waals surface area contributed by atoms with Gasteiger partial charge in [-0.3, -0.25) is 0 Å². The van der Waals surface area contributed by atoms with Crippen LogP contribution in [0.25, 0.3) is 0 Å². The van der Waals surface area contributed by atoms with Crippen molar-refractivity contribution in [2.75, 3.05) is 18.0 Å². The number of benzene rings is 1. The van der Waals surface area contributed by atoms with E-state index in [1.54, 1.807) is 5.56 Å². The number of hydrogen-bond donors (Lipinski definition) is 0. The Bertz CT molecular complexity index is 366. The van der Waals surface area contributed by atoms with Gasteiger partial charge >= 0.3 is 0 Å². The Hall–Kier alpha value is -0.448. The fourth-order valence-electron chi connectivity index (χ4n) is 3.20. The highest BCUT2D eigenvalue weighted by Crippen LogP contribution is 2.24. The van der Waals surface area contributed by atoms with Crippen molar-refractivity contribution in [2.45, 2.75) is 69.2 Å². The summed E-state index contributed by atoms with van der Waals surface area (Å²) < 4.78 is 0. The minimum Gasteiger partial charge on any atom is -0.372 e. The highest BCUT2D eigenvalue weighted by molar-refractivity contribution is 6.58. The number of nitrogens with zero attached hydrogens (tertiary/aromatic N) is 1. The van der Waals surface area contributed by atoms with Crippen LogP contribution in [-0.4, -0.2) is 27.2 Å². The van der Waals surface area contributed by atoms with E-state index in [4.69, 9.17) is 0 Å². The maximum Gasteiger partial charge on any atom is 0.267 e. The molecule has 0 spiro atoms. The van der Waals surface area contributed by atoms with Gasteiger partial charge in [0.2, 0.25) is 0 Å². The summed E-state index contributed by atoms with van der Waals surface area (Å²) in [5.41, 5.74) is 3.11. The molecule has 0 atom stereocenters. The molecule has 0 aliphatic heterocycles. The lowest BCUT2D eigenvalue weighted by Crippen LogP contribution is -2.25. The predicted octanol–water partition coefficient (Wildman–Crippen LogP) is 5.71. The third kappa shape index (κ3) is 6.45. The van der Waals surface area contributed by atoms with Crippen molar-refractivity contribution in [2.24, 2.45) is 0 Å². The van der Waals surface area contributed by atoms with E-state index in [1.165, 1.54) is 47.2 Å². The zero-order chi connectivity index (χ0) is 15.5. The standard InChI is InChI=1S/C11H16N.2C4H9.Al/c1-4-12(5-2)11-9-7-6-8-10(11)3;2*1-3-4-2;/h6-9H,3-5H2,1-2H3;2*1,3-4H2,2H3;. The molecule has 0 radical (unpaired) electrons. The highest BCUT2D eigenvalue weighted by atomic mass is 27.2. The van der Waals surface area contributed by atoms with Crippen LogP contribution in [0.3, 0.4) is 0 Å². The lowest BCUT2D eigenvalue weighted by molar-refractivity contribution is 0.833. The quantitative estimate of drug-likeness (QED) is 0.473. The van der Waals surface area contributed by atoms with Crippen LogP contribution in [0.2, 0.25) is 10.6 Å². The minimum atomic E-state index is -0.614. The third-order valence-electron chi connectivity index (χ3n) is 4.54. The summed E-state index contributed by atoms with van der Waals surface area (Å²) in [5.74, 6) is 0.